The van der Waals surface area contributed by atoms with Gasteiger partial charge < -0.3 is 10.2 Å². The van der Waals surface area contributed by atoms with E-state index in [0.29, 0.717) is 6.54 Å². The number of halogens is 1. The second kappa shape index (κ2) is 5.96. The molecule has 0 amide bonds. The highest BCUT2D eigenvalue weighted by Gasteiger charge is 2.16. The van der Waals surface area contributed by atoms with Crippen molar-refractivity contribution in [3.8, 4) is 0 Å². The highest BCUT2D eigenvalue weighted by Crippen LogP contribution is 2.22. The molecule has 2 heterocycles. The van der Waals surface area contributed by atoms with Crippen molar-refractivity contribution < 1.29 is 4.39 Å². The maximum atomic E-state index is 13.3. The fourth-order valence-corrected chi connectivity index (χ4v) is 2.24. The Labute approximate surface area is 108 Å². The second-order valence-corrected chi connectivity index (χ2v) is 4.68. The molecule has 0 radical (unpaired) electrons. The predicted octanol–water partition coefficient (Wildman–Crippen LogP) is 2.49. The first-order valence-corrected chi connectivity index (χ1v) is 6.46. The van der Waals surface area contributed by atoms with E-state index in [1.807, 2.05) is 6.92 Å². The summed E-state index contributed by atoms with van der Waals surface area (Å²) in [6, 6.07) is 1.58. The number of nitrogens with zero attached hydrogens (tertiary/aromatic N) is 2. The molecule has 18 heavy (non-hydrogen) atoms. The molecular weight excluding hydrogens is 229 g/mol. The van der Waals surface area contributed by atoms with Gasteiger partial charge in [-0.3, -0.25) is 0 Å². The van der Waals surface area contributed by atoms with Gasteiger partial charge in [0.05, 0.1) is 6.20 Å². The zero-order valence-corrected chi connectivity index (χ0v) is 11.0. The summed E-state index contributed by atoms with van der Waals surface area (Å²) in [5, 5.41) is 3.23. The average molecular weight is 249 g/mol. The zero-order valence-electron chi connectivity index (χ0n) is 11.0. The highest BCUT2D eigenvalue weighted by atomic mass is 19.1. The van der Waals surface area contributed by atoms with Gasteiger partial charge in [-0.05, 0) is 26.0 Å². The van der Waals surface area contributed by atoms with E-state index in [-0.39, 0.29) is 5.82 Å². The lowest BCUT2D eigenvalue weighted by molar-refractivity contribution is 0.612. The molecule has 2 rings (SSSR count). The lowest BCUT2D eigenvalue weighted by Crippen LogP contribution is -2.31. The molecule has 98 valence electrons. The third kappa shape index (κ3) is 3.07. The van der Waals surface area contributed by atoms with E-state index in [2.05, 4.69) is 28.2 Å². The number of anilines is 1. The Morgan fingerprint density at radius 2 is 2.33 bits per heavy atom. The van der Waals surface area contributed by atoms with Gasteiger partial charge in [0, 0.05) is 25.2 Å². The van der Waals surface area contributed by atoms with Crippen LogP contribution in [0.25, 0.3) is 0 Å². The van der Waals surface area contributed by atoms with Crippen LogP contribution >= 0.6 is 0 Å². The molecule has 3 nitrogen and oxygen atoms in total. The molecule has 0 fully saturated rings. The van der Waals surface area contributed by atoms with Crippen molar-refractivity contribution in [1.29, 1.82) is 0 Å². The molecule has 0 unspecified atom stereocenters. The number of aromatic nitrogens is 1. The summed E-state index contributed by atoms with van der Waals surface area (Å²) in [6.45, 7) is 7.54. The monoisotopic (exact) mass is 249 g/mol. The quantitative estimate of drug-likeness (QED) is 0.831. The molecule has 1 aromatic heterocycles. The van der Waals surface area contributed by atoms with E-state index in [0.717, 1.165) is 37.4 Å². The Balaban J connectivity index is 2.23. The third-order valence-corrected chi connectivity index (χ3v) is 3.11. The van der Waals surface area contributed by atoms with E-state index in [1.54, 1.807) is 6.07 Å². The van der Waals surface area contributed by atoms with Crippen LogP contribution in [0.4, 0.5) is 10.2 Å². The minimum atomic E-state index is -0.268. The van der Waals surface area contributed by atoms with Crippen molar-refractivity contribution >= 4 is 5.82 Å². The SMILES string of the molecule is CCNCc1cc(F)cnc1N1CCC=C(C)C1. The van der Waals surface area contributed by atoms with Gasteiger partial charge in [0.15, 0.2) is 0 Å². The fraction of sp³-hybridized carbons (Fsp3) is 0.500. The molecule has 0 spiro atoms. The summed E-state index contributed by atoms with van der Waals surface area (Å²) in [5.41, 5.74) is 2.29. The summed E-state index contributed by atoms with van der Waals surface area (Å²) in [5.74, 6) is 0.640. The average Bonchev–Trinajstić information content (AvgIpc) is 2.36. The van der Waals surface area contributed by atoms with Crippen LogP contribution in [0.3, 0.4) is 0 Å². The molecule has 1 aromatic rings. The standard InChI is InChI=1S/C14H20FN3/c1-3-16-8-12-7-13(15)9-17-14(12)18-6-4-5-11(2)10-18/h5,7,9,16H,3-4,6,8,10H2,1-2H3. The molecule has 0 saturated heterocycles. The van der Waals surface area contributed by atoms with Crippen molar-refractivity contribution in [2.45, 2.75) is 26.8 Å². The first-order valence-electron chi connectivity index (χ1n) is 6.46. The molecule has 1 aliphatic heterocycles. The Kier molecular flexibility index (Phi) is 4.31. The number of hydrogen-bond donors (Lipinski definition) is 1. The topological polar surface area (TPSA) is 28.2 Å². The molecular formula is C14H20FN3. The Morgan fingerprint density at radius 1 is 1.50 bits per heavy atom. The number of hydrogen-bond acceptors (Lipinski definition) is 3. The van der Waals surface area contributed by atoms with Crippen LogP contribution in [0.2, 0.25) is 0 Å². The van der Waals surface area contributed by atoms with Crippen molar-refractivity contribution in [1.82, 2.24) is 10.3 Å². The lowest BCUT2D eigenvalue weighted by atomic mass is 10.1. The number of pyridine rings is 1. The molecule has 4 heteroatoms. The molecule has 1 aliphatic rings. The fourth-order valence-electron chi connectivity index (χ4n) is 2.24. The van der Waals surface area contributed by atoms with Gasteiger partial charge in [-0.2, -0.15) is 0 Å². The van der Waals surface area contributed by atoms with Gasteiger partial charge in [0.1, 0.15) is 11.6 Å². The molecule has 0 bridgehead atoms. The van der Waals surface area contributed by atoms with Crippen LogP contribution in [-0.2, 0) is 6.54 Å². The largest absolute Gasteiger partial charge is 0.352 e. The number of nitrogens with one attached hydrogen (secondary N) is 1. The van der Waals surface area contributed by atoms with Gasteiger partial charge in [-0.1, -0.05) is 18.6 Å². The van der Waals surface area contributed by atoms with E-state index >= 15 is 0 Å². The van der Waals surface area contributed by atoms with E-state index in [9.17, 15) is 4.39 Å². The maximum Gasteiger partial charge on any atom is 0.141 e. The van der Waals surface area contributed by atoms with Gasteiger partial charge in [0.2, 0.25) is 0 Å². The smallest absolute Gasteiger partial charge is 0.141 e. The van der Waals surface area contributed by atoms with Gasteiger partial charge in [-0.15, -0.1) is 0 Å². The van der Waals surface area contributed by atoms with Crippen LogP contribution in [0.5, 0.6) is 0 Å². The van der Waals surface area contributed by atoms with Crippen molar-refractivity contribution in [3.05, 3.63) is 35.3 Å². The minimum absolute atomic E-state index is 0.268. The molecule has 0 aromatic carbocycles. The van der Waals surface area contributed by atoms with Crippen LogP contribution in [0.15, 0.2) is 23.9 Å². The summed E-state index contributed by atoms with van der Waals surface area (Å²) >= 11 is 0. The Hall–Kier alpha value is -1.42. The number of rotatable bonds is 4. The summed E-state index contributed by atoms with van der Waals surface area (Å²) in [4.78, 5) is 6.50. The third-order valence-electron chi connectivity index (χ3n) is 3.11. The van der Waals surface area contributed by atoms with Crippen molar-refractivity contribution in [2.75, 3.05) is 24.5 Å². The summed E-state index contributed by atoms with van der Waals surface area (Å²) < 4.78 is 13.3. The van der Waals surface area contributed by atoms with Crippen LogP contribution in [0, 0.1) is 5.82 Å². The Bertz CT molecular complexity index is 443. The molecule has 1 N–H and O–H groups in total. The van der Waals surface area contributed by atoms with E-state index in [1.165, 1.54) is 11.8 Å². The first kappa shape index (κ1) is 13.0. The summed E-state index contributed by atoms with van der Waals surface area (Å²) in [7, 11) is 0. The predicted molar refractivity (Wildman–Crippen MR) is 72.2 cm³/mol. The van der Waals surface area contributed by atoms with Crippen molar-refractivity contribution in [3.63, 3.8) is 0 Å². The molecule has 0 aliphatic carbocycles. The molecule has 0 saturated carbocycles. The zero-order chi connectivity index (χ0) is 13.0. The van der Waals surface area contributed by atoms with Crippen LogP contribution in [-0.4, -0.2) is 24.6 Å². The second-order valence-electron chi connectivity index (χ2n) is 4.68. The van der Waals surface area contributed by atoms with Crippen molar-refractivity contribution in [2.24, 2.45) is 0 Å². The van der Waals surface area contributed by atoms with Crippen LogP contribution < -0.4 is 10.2 Å². The van der Waals surface area contributed by atoms with Crippen LogP contribution in [0.1, 0.15) is 25.8 Å². The molecule has 0 atom stereocenters. The highest BCUT2D eigenvalue weighted by molar-refractivity contribution is 5.49. The van der Waals surface area contributed by atoms with Gasteiger partial charge >= 0.3 is 0 Å². The summed E-state index contributed by atoms with van der Waals surface area (Å²) in [6.07, 6.45) is 4.59. The lowest BCUT2D eigenvalue weighted by Gasteiger charge is -2.29. The van der Waals surface area contributed by atoms with E-state index in [4.69, 9.17) is 0 Å². The van der Waals surface area contributed by atoms with E-state index < -0.39 is 0 Å². The Morgan fingerprint density at radius 3 is 3.06 bits per heavy atom. The minimum Gasteiger partial charge on any atom is -0.352 e. The normalized spacial score (nSPS) is 15.7. The van der Waals surface area contributed by atoms with Gasteiger partial charge in [-0.25, -0.2) is 9.37 Å². The first-order chi connectivity index (χ1) is 8.70. The van der Waals surface area contributed by atoms with Gasteiger partial charge in [0.25, 0.3) is 0 Å². The maximum absolute atomic E-state index is 13.3.